The zero-order chi connectivity index (χ0) is 18.4. The number of nitrogens with zero attached hydrogens (tertiary/aromatic N) is 1. The highest BCUT2D eigenvalue weighted by Crippen LogP contribution is 2.23. The molecule has 1 saturated heterocycles. The van der Waals surface area contributed by atoms with Crippen LogP contribution in [0.4, 0.5) is 0 Å². The van der Waals surface area contributed by atoms with Gasteiger partial charge in [-0.3, -0.25) is 4.79 Å². The highest BCUT2D eigenvalue weighted by atomic mass is 16.5. The minimum absolute atomic E-state index is 0.000922. The third kappa shape index (κ3) is 4.67. The Kier molecular flexibility index (Phi) is 5.96. The van der Waals surface area contributed by atoms with Gasteiger partial charge in [-0.2, -0.15) is 0 Å². The predicted octanol–water partition coefficient (Wildman–Crippen LogP) is 2.41. The Morgan fingerprint density at radius 3 is 2.58 bits per heavy atom. The second kappa shape index (κ2) is 8.58. The SMILES string of the molecule is NCCOc1cccc(C(=O)N2CCC(Oc3cccc(O)c3)CC2)c1. The smallest absolute Gasteiger partial charge is 0.253 e. The van der Waals surface area contributed by atoms with Gasteiger partial charge in [0.05, 0.1) is 0 Å². The molecule has 1 aliphatic heterocycles. The van der Waals surface area contributed by atoms with Gasteiger partial charge in [0.1, 0.15) is 30.0 Å². The van der Waals surface area contributed by atoms with Gasteiger partial charge in [0.25, 0.3) is 5.91 Å². The van der Waals surface area contributed by atoms with Crippen LogP contribution >= 0.6 is 0 Å². The fraction of sp³-hybridized carbons (Fsp3) is 0.350. The van der Waals surface area contributed by atoms with Crippen molar-refractivity contribution in [3.8, 4) is 17.2 Å². The maximum atomic E-state index is 12.7. The highest BCUT2D eigenvalue weighted by molar-refractivity contribution is 5.94. The summed E-state index contributed by atoms with van der Waals surface area (Å²) in [5.41, 5.74) is 6.06. The van der Waals surface area contributed by atoms with Crippen molar-refractivity contribution < 1.29 is 19.4 Å². The molecule has 26 heavy (non-hydrogen) atoms. The number of benzene rings is 2. The maximum absolute atomic E-state index is 12.7. The van der Waals surface area contributed by atoms with Crippen LogP contribution in [0.25, 0.3) is 0 Å². The lowest BCUT2D eigenvalue weighted by Gasteiger charge is -2.32. The van der Waals surface area contributed by atoms with E-state index in [1.807, 2.05) is 23.1 Å². The molecule has 3 rings (SSSR count). The number of carbonyl (C=O) groups excluding carboxylic acids is 1. The van der Waals surface area contributed by atoms with Crippen molar-refractivity contribution in [2.24, 2.45) is 5.73 Å². The van der Waals surface area contributed by atoms with Crippen molar-refractivity contribution in [2.75, 3.05) is 26.2 Å². The van der Waals surface area contributed by atoms with Crippen molar-refractivity contribution in [3.05, 3.63) is 54.1 Å². The molecule has 2 aromatic rings. The molecule has 0 bridgehead atoms. The molecule has 6 nitrogen and oxygen atoms in total. The first kappa shape index (κ1) is 18.1. The Morgan fingerprint density at radius 1 is 1.12 bits per heavy atom. The van der Waals surface area contributed by atoms with Crippen LogP contribution in [-0.2, 0) is 0 Å². The summed E-state index contributed by atoms with van der Waals surface area (Å²) in [6, 6.07) is 14.0. The van der Waals surface area contributed by atoms with Gasteiger partial charge in [-0.05, 0) is 30.3 Å². The fourth-order valence-corrected chi connectivity index (χ4v) is 3.00. The Balaban J connectivity index is 1.55. The summed E-state index contributed by atoms with van der Waals surface area (Å²) in [5.74, 6) is 1.49. The molecule has 1 aliphatic rings. The molecule has 3 N–H and O–H groups in total. The second-order valence-electron chi connectivity index (χ2n) is 6.27. The molecule has 1 amide bonds. The Morgan fingerprint density at radius 2 is 1.85 bits per heavy atom. The molecule has 0 atom stereocenters. The molecule has 0 radical (unpaired) electrons. The number of nitrogens with two attached hydrogens (primary N) is 1. The molecule has 0 spiro atoms. The summed E-state index contributed by atoms with van der Waals surface area (Å²) < 4.78 is 11.4. The summed E-state index contributed by atoms with van der Waals surface area (Å²) in [7, 11) is 0. The summed E-state index contributed by atoms with van der Waals surface area (Å²) in [5, 5.41) is 9.51. The quantitative estimate of drug-likeness (QED) is 0.830. The van der Waals surface area contributed by atoms with Gasteiger partial charge >= 0.3 is 0 Å². The van der Waals surface area contributed by atoms with Crippen molar-refractivity contribution in [1.82, 2.24) is 4.90 Å². The summed E-state index contributed by atoms with van der Waals surface area (Å²) in [6.07, 6.45) is 1.55. The van der Waals surface area contributed by atoms with E-state index in [4.69, 9.17) is 15.2 Å². The second-order valence-corrected chi connectivity index (χ2v) is 6.27. The van der Waals surface area contributed by atoms with E-state index in [9.17, 15) is 9.90 Å². The molecule has 1 heterocycles. The number of ether oxygens (including phenoxy) is 2. The molecular weight excluding hydrogens is 332 g/mol. The Labute approximate surface area is 153 Å². The summed E-state index contributed by atoms with van der Waals surface area (Å²) in [4.78, 5) is 14.5. The van der Waals surface area contributed by atoms with E-state index in [0.717, 1.165) is 12.8 Å². The average molecular weight is 356 g/mol. The number of hydrogen-bond acceptors (Lipinski definition) is 5. The lowest BCUT2D eigenvalue weighted by molar-refractivity contribution is 0.0595. The molecule has 2 aromatic carbocycles. The van der Waals surface area contributed by atoms with E-state index in [0.29, 0.717) is 43.3 Å². The number of phenols is 1. The van der Waals surface area contributed by atoms with Gasteiger partial charge in [-0.25, -0.2) is 0 Å². The minimum Gasteiger partial charge on any atom is -0.508 e. The number of hydrogen-bond donors (Lipinski definition) is 2. The normalized spacial score (nSPS) is 14.9. The molecule has 1 fully saturated rings. The molecule has 0 aromatic heterocycles. The van der Waals surface area contributed by atoms with Crippen LogP contribution in [0.15, 0.2) is 48.5 Å². The monoisotopic (exact) mass is 356 g/mol. The number of phenolic OH excluding ortho intramolecular Hbond substituents is 1. The van der Waals surface area contributed by atoms with Crippen molar-refractivity contribution >= 4 is 5.91 Å². The lowest BCUT2D eigenvalue weighted by Crippen LogP contribution is -2.41. The first-order valence-corrected chi connectivity index (χ1v) is 8.83. The van der Waals surface area contributed by atoms with Crippen LogP contribution in [-0.4, -0.2) is 48.3 Å². The van der Waals surface area contributed by atoms with Crippen molar-refractivity contribution in [2.45, 2.75) is 18.9 Å². The van der Waals surface area contributed by atoms with Gasteiger partial charge in [0, 0.05) is 44.1 Å². The van der Waals surface area contributed by atoms with E-state index in [1.54, 1.807) is 30.3 Å². The summed E-state index contributed by atoms with van der Waals surface area (Å²) in [6.45, 7) is 2.13. The third-order valence-electron chi connectivity index (χ3n) is 4.32. The molecule has 0 aliphatic carbocycles. The number of aromatic hydroxyl groups is 1. The third-order valence-corrected chi connectivity index (χ3v) is 4.32. The zero-order valence-electron chi connectivity index (χ0n) is 14.6. The topological polar surface area (TPSA) is 85.0 Å². The Hall–Kier alpha value is -2.73. The molecule has 0 unspecified atom stereocenters. The molecule has 6 heteroatoms. The standard InChI is InChI=1S/C20H24N2O4/c21-9-12-25-18-5-1-3-15(13-18)20(24)22-10-7-17(8-11-22)26-19-6-2-4-16(23)14-19/h1-6,13-14,17,23H,7-12,21H2. The van der Waals surface area contributed by atoms with Crippen LogP contribution in [0.5, 0.6) is 17.2 Å². The number of rotatable bonds is 6. The lowest BCUT2D eigenvalue weighted by atomic mass is 10.1. The van der Waals surface area contributed by atoms with E-state index in [-0.39, 0.29) is 17.8 Å². The van der Waals surface area contributed by atoms with E-state index < -0.39 is 0 Å². The molecular formula is C20H24N2O4. The van der Waals surface area contributed by atoms with Crippen LogP contribution in [0.2, 0.25) is 0 Å². The van der Waals surface area contributed by atoms with Crippen molar-refractivity contribution in [1.29, 1.82) is 0 Å². The predicted molar refractivity (Wildman–Crippen MR) is 98.7 cm³/mol. The van der Waals surface area contributed by atoms with Crippen LogP contribution < -0.4 is 15.2 Å². The van der Waals surface area contributed by atoms with Gasteiger partial charge in [0.2, 0.25) is 0 Å². The highest BCUT2D eigenvalue weighted by Gasteiger charge is 2.25. The number of piperidine rings is 1. The first-order valence-electron chi connectivity index (χ1n) is 8.83. The maximum Gasteiger partial charge on any atom is 0.253 e. The van der Waals surface area contributed by atoms with Gasteiger partial charge in [0.15, 0.2) is 0 Å². The van der Waals surface area contributed by atoms with E-state index in [2.05, 4.69) is 0 Å². The first-order chi connectivity index (χ1) is 12.7. The summed E-state index contributed by atoms with van der Waals surface area (Å²) >= 11 is 0. The number of amides is 1. The van der Waals surface area contributed by atoms with Gasteiger partial charge in [-0.1, -0.05) is 12.1 Å². The minimum atomic E-state index is -0.000922. The largest absolute Gasteiger partial charge is 0.508 e. The van der Waals surface area contributed by atoms with Crippen LogP contribution in [0.3, 0.4) is 0 Å². The molecule has 0 saturated carbocycles. The van der Waals surface area contributed by atoms with Gasteiger partial charge < -0.3 is 25.2 Å². The van der Waals surface area contributed by atoms with E-state index >= 15 is 0 Å². The average Bonchev–Trinajstić information content (AvgIpc) is 2.67. The number of likely N-dealkylation sites (tertiary alicyclic amines) is 1. The number of carbonyl (C=O) groups is 1. The van der Waals surface area contributed by atoms with Crippen molar-refractivity contribution in [3.63, 3.8) is 0 Å². The van der Waals surface area contributed by atoms with Gasteiger partial charge in [-0.15, -0.1) is 0 Å². The zero-order valence-corrected chi connectivity index (χ0v) is 14.6. The van der Waals surface area contributed by atoms with Crippen LogP contribution in [0.1, 0.15) is 23.2 Å². The van der Waals surface area contributed by atoms with E-state index in [1.165, 1.54) is 0 Å². The van der Waals surface area contributed by atoms with Crippen LogP contribution in [0, 0.1) is 0 Å². The fourth-order valence-electron chi connectivity index (χ4n) is 3.00. The Bertz CT molecular complexity index is 742. The molecule has 138 valence electrons.